The molecule has 0 aliphatic heterocycles. The van der Waals surface area contributed by atoms with Crippen LogP contribution < -0.4 is 10.2 Å². The number of carbonyl (C=O) groups is 1. The fraction of sp³-hybridized carbons (Fsp3) is 0.316. The van der Waals surface area contributed by atoms with Gasteiger partial charge in [0.15, 0.2) is 11.4 Å². The zero-order chi connectivity index (χ0) is 20.8. The van der Waals surface area contributed by atoms with E-state index in [2.05, 4.69) is 15.2 Å². The van der Waals surface area contributed by atoms with E-state index in [4.69, 9.17) is 15.8 Å². The van der Waals surface area contributed by atoms with Crippen molar-refractivity contribution in [2.24, 2.45) is 4.99 Å². The lowest BCUT2D eigenvalue weighted by Gasteiger charge is -2.21. The molecule has 0 atom stereocenters. The number of phenolic OH excluding ortho intramolecular Hbond substituents is 1. The zero-order valence-electron chi connectivity index (χ0n) is 15.8. The normalized spacial score (nSPS) is 10.4. The van der Waals surface area contributed by atoms with Crippen LogP contribution in [0.2, 0.25) is 0 Å². The molecule has 0 aliphatic rings. The average Bonchev–Trinajstić information content (AvgIpc) is 2.63. The van der Waals surface area contributed by atoms with Crippen molar-refractivity contribution in [2.45, 2.75) is 27.7 Å². The Kier molecular flexibility index (Phi) is 10.7. The van der Waals surface area contributed by atoms with Crippen LogP contribution >= 0.6 is 0 Å². The summed E-state index contributed by atoms with van der Waals surface area (Å²) in [4.78, 5) is 17.0. The average molecular weight is 366 g/mol. The molecule has 1 aromatic carbocycles. The van der Waals surface area contributed by atoms with Crippen LogP contribution in [0, 0.1) is 34.0 Å². The number of carbonyl (C=O) groups excluding carboxylic acids is 1. The summed E-state index contributed by atoms with van der Waals surface area (Å²) < 4.78 is 0. The van der Waals surface area contributed by atoms with Crippen molar-refractivity contribution in [3.63, 3.8) is 0 Å². The van der Waals surface area contributed by atoms with Crippen molar-refractivity contribution >= 4 is 17.8 Å². The van der Waals surface area contributed by atoms with Gasteiger partial charge in [-0.25, -0.2) is 4.99 Å². The SMILES string of the molecule is CC#N.CCN(CC)c1ccc(C=N/C(C#N)=C(/C#N)NC(C)=O)c(O)c1. The van der Waals surface area contributed by atoms with Crippen LogP contribution in [0.15, 0.2) is 34.6 Å². The second kappa shape index (κ2) is 12.5. The molecule has 8 nitrogen and oxygen atoms in total. The van der Waals surface area contributed by atoms with Crippen molar-refractivity contribution in [2.75, 3.05) is 18.0 Å². The zero-order valence-corrected chi connectivity index (χ0v) is 15.8. The maximum absolute atomic E-state index is 11.0. The third kappa shape index (κ3) is 7.72. The first-order valence-corrected chi connectivity index (χ1v) is 8.13. The third-order valence-corrected chi connectivity index (χ3v) is 3.23. The maximum Gasteiger partial charge on any atom is 0.221 e. The van der Waals surface area contributed by atoms with Gasteiger partial charge in [0.25, 0.3) is 0 Å². The molecule has 0 radical (unpaired) electrons. The van der Waals surface area contributed by atoms with E-state index in [0.717, 1.165) is 18.8 Å². The number of nitrogens with zero attached hydrogens (tertiary/aromatic N) is 5. The second-order valence-corrected chi connectivity index (χ2v) is 5.03. The Morgan fingerprint density at radius 1 is 1.26 bits per heavy atom. The molecule has 0 heterocycles. The summed E-state index contributed by atoms with van der Waals surface area (Å²) in [5.74, 6) is -0.459. The van der Waals surface area contributed by atoms with Crippen molar-refractivity contribution < 1.29 is 9.90 Å². The number of hydrogen-bond donors (Lipinski definition) is 2. The highest BCUT2D eigenvalue weighted by Gasteiger charge is 2.08. The molecule has 0 bridgehead atoms. The Labute approximate surface area is 159 Å². The van der Waals surface area contributed by atoms with Crippen LogP contribution in [0.1, 0.15) is 33.3 Å². The summed E-state index contributed by atoms with van der Waals surface area (Å²) in [5, 5.41) is 37.7. The van der Waals surface area contributed by atoms with Gasteiger partial charge in [0, 0.05) is 50.5 Å². The first-order valence-electron chi connectivity index (χ1n) is 8.13. The fourth-order valence-corrected chi connectivity index (χ4v) is 2.03. The molecule has 1 amide bonds. The maximum atomic E-state index is 11.0. The minimum absolute atomic E-state index is 0.0125. The van der Waals surface area contributed by atoms with Crippen molar-refractivity contribution in [3.05, 3.63) is 35.2 Å². The predicted molar refractivity (Wildman–Crippen MR) is 103 cm³/mol. The lowest BCUT2D eigenvalue weighted by Crippen LogP contribution is -2.21. The van der Waals surface area contributed by atoms with Gasteiger partial charge < -0.3 is 15.3 Å². The minimum atomic E-state index is -0.471. The Balaban J connectivity index is 0.00000210. The molecule has 0 saturated carbocycles. The van der Waals surface area contributed by atoms with Crippen molar-refractivity contribution in [3.8, 4) is 24.0 Å². The molecule has 0 aliphatic carbocycles. The molecule has 1 aromatic rings. The third-order valence-electron chi connectivity index (χ3n) is 3.23. The molecule has 0 unspecified atom stereocenters. The van der Waals surface area contributed by atoms with Gasteiger partial charge >= 0.3 is 0 Å². The number of anilines is 1. The minimum Gasteiger partial charge on any atom is -0.507 e. The van der Waals surface area contributed by atoms with Gasteiger partial charge in [-0.15, -0.1) is 0 Å². The van der Waals surface area contributed by atoms with Crippen LogP contribution in [-0.2, 0) is 4.79 Å². The van der Waals surface area contributed by atoms with E-state index in [9.17, 15) is 9.90 Å². The van der Waals surface area contributed by atoms with Gasteiger partial charge in [0.05, 0.1) is 6.07 Å². The number of rotatable bonds is 6. The Morgan fingerprint density at radius 3 is 2.26 bits per heavy atom. The number of nitrogens with one attached hydrogen (secondary N) is 1. The number of allylic oxidation sites excluding steroid dienone is 2. The van der Waals surface area contributed by atoms with Gasteiger partial charge in [0.1, 0.15) is 17.9 Å². The van der Waals surface area contributed by atoms with E-state index in [-0.39, 0.29) is 17.1 Å². The van der Waals surface area contributed by atoms with E-state index < -0.39 is 5.91 Å². The van der Waals surface area contributed by atoms with E-state index in [1.54, 1.807) is 30.3 Å². The van der Waals surface area contributed by atoms with Crippen LogP contribution in [0.4, 0.5) is 5.69 Å². The summed E-state index contributed by atoms with van der Waals surface area (Å²) in [7, 11) is 0. The summed E-state index contributed by atoms with van der Waals surface area (Å²) in [6, 6.07) is 10.3. The van der Waals surface area contributed by atoms with Crippen LogP contribution in [0.3, 0.4) is 0 Å². The lowest BCUT2D eigenvalue weighted by molar-refractivity contribution is -0.118. The summed E-state index contributed by atoms with van der Waals surface area (Å²) in [6.07, 6.45) is 1.28. The molecule has 1 rings (SSSR count). The summed E-state index contributed by atoms with van der Waals surface area (Å²) >= 11 is 0. The summed E-state index contributed by atoms with van der Waals surface area (Å²) in [6.45, 7) is 8.32. The molecular weight excluding hydrogens is 344 g/mol. The van der Waals surface area contributed by atoms with Gasteiger partial charge in [-0.1, -0.05) is 0 Å². The molecule has 2 N–H and O–H groups in total. The van der Waals surface area contributed by atoms with E-state index in [1.807, 2.05) is 19.9 Å². The summed E-state index contributed by atoms with van der Waals surface area (Å²) in [5.41, 5.74) is 0.806. The second-order valence-electron chi connectivity index (χ2n) is 5.03. The predicted octanol–water partition coefficient (Wildman–Crippen LogP) is 2.58. The number of hydrogen-bond acceptors (Lipinski definition) is 7. The van der Waals surface area contributed by atoms with Crippen LogP contribution in [0.25, 0.3) is 0 Å². The smallest absolute Gasteiger partial charge is 0.221 e. The number of benzene rings is 1. The highest BCUT2D eigenvalue weighted by atomic mass is 16.3. The van der Waals surface area contributed by atoms with E-state index >= 15 is 0 Å². The molecule has 8 heteroatoms. The Morgan fingerprint density at radius 2 is 1.85 bits per heavy atom. The van der Waals surface area contributed by atoms with Gasteiger partial charge in [0.2, 0.25) is 5.91 Å². The first kappa shape index (κ1) is 23.2. The van der Waals surface area contributed by atoms with Crippen LogP contribution in [-0.4, -0.2) is 30.3 Å². The standard InChI is InChI=1S/C17H19N5O2.C2H3N/c1-4-22(5-2)14-7-6-13(17(24)8-14)11-20-15(9-18)16(10-19)21-12(3)23;1-2-3/h6-8,11,24H,4-5H2,1-3H3,(H,21,23);1H3/b16-15-,20-11?;. The molecule has 27 heavy (non-hydrogen) atoms. The first-order chi connectivity index (χ1) is 12.9. The molecule has 0 saturated heterocycles. The fourth-order valence-electron chi connectivity index (χ4n) is 2.03. The highest BCUT2D eigenvalue weighted by molar-refractivity contribution is 5.86. The largest absolute Gasteiger partial charge is 0.507 e. The van der Waals surface area contributed by atoms with Crippen LogP contribution in [0.5, 0.6) is 5.75 Å². The van der Waals surface area contributed by atoms with E-state index in [1.165, 1.54) is 20.1 Å². The number of phenols is 1. The number of aromatic hydroxyl groups is 1. The number of nitriles is 3. The van der Waals surface area contributed by atoms with Gasteiger partial charge in [-0.05, 0) is 26.0 Å². The quantitative estimate of drug-likeness (QED) is 0.586. The van der Waals surface area contributed by atoms with E-state index in [0.29, 0.717) is 5.56 Å². The van der Waals surface area contributed by atoms with Crippen molar-refractivity contribution in [1.82, 2.24) is 5.32 Å². The molecule has 0 spiro atoms. The topological polar surface area (TPSA) is 136 Å². The Bertz CT molecular complexity index is 833. The van der Waals surface area contributed by atoms with Crippen molar-refractivity contribution in [1.29, 1.82) is 15.8 Å². The Hall–Kier alpha value is -3.83. The number of aliphatic imine (C=N–C) groups is 1. The highest BCUT2D eigenvalue weighted by Crippen LogP contribution is 2.23. The monoisotopic (exact) mass is 366 g/mol. The van der Waals surface area contributed by atoms with Gasteiger partial charge in [-0.2, -0.15) is 15.8 Å². The molecular formula is C19H22N6O2. The lowest BCUT2D eigenvalue weighted by atomic mass is 10.2. The number of amides is 1. The molecule has 0 aromatic heterocycles. The molecule has 0 fully saturated rings. The molecule has 140 valence electrons. The van der Waals surface area contributed by atoms with Gasteiger partial charge in [-0.3, -0.25) is 4.79 Å².